The number of esters is 1. The van der Waals surface area contributed by atoms with E-state index in [4.69, 9.17) is 39.5 Å². The maximum atomic E-state index is 11.9. The molecule has 0 aliphatic carbocycles. The van der Waals surface area contributed by atoms with Crippen molar-refractivity contribution in [2.45, 2.75) is 12.5 Å². The molecule has 1 aliphatic heterocycles. The summed E-state index contributed by atoms with van der Waals surface area (Å²) in [4.78, 5) is 23.0. The monoisotopic (exact) mass is 304 g/mol. The maximum absolute atomic E-state index is 11.9. The van der Waals surface area contributed by atoms with Crippen LogP contribution in [0.1, 0.15) is 16.8 Å². The third-order valence-corrected chi connectivity index (χ3v) is 3.60. The average molecular weight is 306 g/mol. The number of benzene rings is 1. The van der Waals surface area contributed by atoms with Crippen molar-refractivity contribution in [2.75, 3.05) is 0 Å². The van der Waals surface area contributed by atoms with E-state index in [9.17, 15) is 9.59 Å². The lowest BCUT2D eigenvalue weighted by molar-refractivity contribution is -0.138. The van der Waals surface area contributed by atoms with Gasteiger partial charge in [0.15, 0.2) is 5.78 Å². The zero-order chi connectivity index (χ0) is 13.3. The number of carbonyl (C=O) groups is 2. The van der Waals surface area contributed by atoms with Crippen LogP contribution in [0.3, 0.4) is 0 Å². The van der Waals surface area contributed by atoms with Crippen LogP contribution in [0.15, 0.2) is 34.3 Å². The summed E-state index contributed by atoms with van der Waals surface area (Å²) >= 11 is 17.1. The van der Waals surface area contributed by atoms with E-state index in [1.54, 1.807) is 24.3 Å². The normalized spacial score (nSPS) is 19.1. The van der Waals surface area contributed by atoms with Gasteiger partial charge in [0.1, 0.15) is 11.1 Å². The van der Waals surface area contributed by atoms with Crippen molar-refractivity contribution in [1.29, 1.82) is 0 Å². The second kappa shape index (κ2) is 5.31. The predicted octanol–water partition coefficient (Wildman–Crippen LogP) is 3.53. The van der Waals surface area contributed by atoms with Crippen molar-refractivity contribution in [3.8, 4) is 0 Å². The fourth-order valence-electron chi connectivity index (χ4n) is 1.52. The van der Waals surface area contributed by atoms with Crippen LogP contribution in [0.5, 0.6) is 0 Å². The lowest BCUT2D eigenvalue weighted by Crippen LogP contribution is -2.15. The van der Waals surface area contributed by atoms with Crippen LogP contribution < -0.4 is 0 Å². The molecular weight excluding hydrogens is 298 g/mol. The summed E-state index contributed by atoms with van der Waals surface area (Å²) in [5.74, 6) is -0.899. The highest BCUT2D eigenvalue weighted by molar-refractivity contribution is 6.48. The number of hydrogen-bond donors (Lipinski definition) is 0. The van der Waals surface area contributed by atoms with E-state index in [2.05, 4.69) is 0 Å². The van der Waals surface area contributed by atoms with E-state index < -0.39 is 12.1 Å². The second-order valence-electron chi connectivity index (χ2n) is 3.69. The Kier molecular flexibility index (Phi) is 3.95. The number of carbonyl (C=O) groups excluding carboxylic acids is 2. The number of hydrogen-bond acceptors (Lipinski definition) is 3. The van der Waals surface area contributed by atoms with Crippen molar-refractivity contribution >= 4 is 46.6 Å². The molecular formula is C12H7Cl3O3. The number of Topliss-reactive ketones (excluding diaryl/α,β-unsaturated/α-hetero) is 1. The molecule has 2 rings (SSSR count). The second-order valence-corrected chi connectivity index (χ2v) is 4.91. The average Bonchev–Trinajstić information content (AvgIpc) is 2.58. The molecule has 1 aromatic carbocycles. The predicted molar refractivity (Wildman–Crippen MR) is 69.0 cm³/mol. The molecule has 0 N–H and O–H groups in total. The Bertz CT molecular complexity index is 534. The van der Waals surface area contributed by atoms with E-state index in [1.807, 2.05) is 0 Å². The molecule has 0 radical (unpaired) electrons. The molecule has 0 unspecified atom stereocenters. The molecule has 0 aromatic heterocycles. The van der Waals surface area contributed by atoms with E-state index in [0.29, 0.717) is 10.6 Å². The van der Waals surface area contributed by atoms with Crippen molar-refractivity contribution in [3.63, 3.8) is 0 Å². The zero-order valence-electron chi connectivity index (χ0n) is 8.95. The third kappa shape index (κ3) is 2.69. The standard InChI is InChI=1S/C12H7Cl3O3/c13-7-3-1-6(2-4-7)8(16)5-9-10(14)11(15)12(17)18-9/h1-4,9H,5H2/t9-/m1/s1. The third-order valence-electron chi connectivity index (χ3n) is 2.46. The molecule has 0 saturated heterocycles. The Hall–Kier alpha value is -1.03. The number of ether oxygens (including phenoxy) is 1. The first-order chi connectivity index (χ1) is 8.49. The molecule has 3 nitrogen and oxygen atoms in total. The summed E-state index contributed by atoms with van der Waals surface area (Å²) < 4.78 is 4.88. The van der Waals surface area contributed by atoms with Gasteiger partial charge < -0.3 is 4.74 Å². The van der Waals surface area contributed by atoms with Crippen LogP contribution >= 0.6 is 34.8 Å². The van der Waals surface area contributed by atoms with Gasteiger partial charge in [0.25, 0.3) is 0 Å². The molecule has 1 heterocycles. The smallest absolute Gasteiger partial charge is 0.351 e. The van der Waals surface area contributed by atoms with Crippen LogP contribution in [0.4, 0.5) is 0 Å². The summed E-state index contributed by atoms with van der Waals surface area (Å²) in [5, 5.41) is 0.453. The van der Waals surface area contributed by atoms with E-state index in [1.165, 1.54) is 0 Å². The van der Waals surface area contributed by atoms with Gasteiger partial charge in [-0.2, -0.15) is 0 Å². The number of cyclic esters (lactones) is 1. The highest BCUT2D eigenvalue weighted by Gasteiger charge is 2.33. The van der Waals surface area contributed by atoms with Crippen molar-refractivity contribution in [1.82, 2.24) is 0 Å². The highest BCUT2D eigenvalue weighted by Crippen LogP contribution is 2.31. The number of ketones is 1. The maximum Gasteiger partial charge on any atom is 0.351 e. The van der Waals surface area contributed by atoms with Crippen LogP contribution in [0, 0.1) is 0 Å². The molecule has 1 aliphatic rings. The van der Waals surface area contributed by atoms with Crippen LogP contribution in [-0.2, 0) is 9.53 Å². The molecule has 0 fully saturated rings. The van der Waals surface area contributed by atoms with Crippen LogP contribution in [0.2, 0.25) is 5.02 Å². The number of rotatable bonds is 3. The van der Waals surface area contributed by atoms with E-state index >= 15 is 0 Å². The summed E-state index contributed by atoms with van der Waals surface area (Å²) in [6, 6.07) is 6.42. The van der Waals surface area contributed by atoms with Crippen molar-refractivity contribution in [2.24, 2.45) is 0 Å². The zero-order valence-corrected chi connectivity index (χ0v) is 11.2. The minimum absolute atomic E-state index is 0.0393. The highest BCUT2D eigenvalue weighted by atomic mass is 35.5. The minimum atomic E-state index is -0.796. The first kappa shape index (κ1) is 13.4. The van der Waals surface area contributed by atoms with Gasteiger partial charge in [-0.05, 0) is 24.3 Å². The summed E-state index contributed by atoms with van der Waals surface area (Å²) in [6.45, 7) is 0. The molecule has 0 amide bonds. The van der Waals surface area contributed by atoms with Gasteiger partial charge in [-0.25, -0.2) is 4.79 Å². The van der Waals surface area contributed by atoms with E-state index in [-0.39, 0.29) is 22.3 Å². The lowest BCUT2D eigenvalue weighted by Gasteiger charge is -2.09. The Morgan fingerprint density at radius 1 is 1.17 bits per heavy atom. The number of halogens is 3. The molecule has 0 bridgehead atoms. The Morgan fingerprint density at radius 3 is 2.28 bits per heavy atom. The van der Waals surface area contributed by atoms with Crippen molar-refractivity contribution in [3.05, 3.63) is 44.9 Å². The van der Waals surface area contributed by atoms with Crippen LogP contribution in [-0.4, -0.2) is 17.9 Å². The Balaban J connectivity index is 2.09. The van der Waals surface area contributed by atoms with Crippen molar-refractivity contribution < 1.29 is 14.3 Å². The molecule has 94 valence electrons. The van der Waals surface area contributed by atoms with Gasteiger partial charge in [0.05, 0.1) is 11.5 Å². The first-order valence-corrected chi connectivity index (χ1v) is 6.17. The van der Waals surface area contributed by atoms with Gasteiger partial charge in [-0.3, -0.25) is 4.79 Å². The SMILES string of the molecule is O=C1O[C@H](CC(=O)c2ccc(Cl)cc2)C(Cl)=C1Cl. The molecule has 6 heteroatoms. The fraction of sp³-hybridized carbons (Fsp3) is 0.167. The summed E-state index contributed by atoms with van der Waals surface area (Å²) in [6.07, 6.45) is -0.836. The molecule has 1 aromatic rings. The minimum Gasteiger partial charge on any atom is -0.452 e. The lowest BCUT2D eigenvalue weighted by atomic mass is 10.1. The summed E-state index contributed by atoms with van der Waals surface area (Å²) in [5.41, 5.74) is 0.475. The molecule has 18 heavy (non-hydrogen) atoms. The fourth-order valence-corrected chi connectivity index (χ4v) is 2.02. The largest absolute Gasteiger partial charge is 0.452 e. The molecule has 0 spiro atoms. The van der Waals surface area contributed by atoms with E-state index in [0.717, 1.165) is 0 Å². The Morgan fingerprint density at radius 2 is 1.78 bits per heavy atom. The van der Waals surface area contributed by atoms with Gasteiger partial charge in [0, 0.05) is 10.6 Å². The van der Waals surface area contributed by atoms with Gasteiger partial charge >= 0.3 is 5.97 Å². The molecule has 0 saturated carbocycles. The van der Waals surface area contributed by atoms with Gasteiger partial charge in [-0.1, -0.05) is 34.8 Å². The Labute approximate surface area is 118 Å². The van der Waals surface area contributed by atoms with Crippen LogP contribution in [0.25, 0.3) is 0 Å². The van der Waals surface area contributed by atoms with Gasteiger partial charge in [0.2, 0.25) is 0 Å². The topological polar surface area (TPSA) is 43.4 Å². The summed E-state index contributed by atoms with van der Waals surface area (Å²) in [7, 11) is 0. The molecule has 1 atom stereocenters. The quantitative estimate of drug-likeness (QED) is 0.634. The van der Waals surface area contributed by atoms with Gasteiger partial charge in [-0.15, -0.1) is 0 Å². The first-order valence-electron chi connectivity index (χ1n) is 5.04.